The second kappa shape index (κ2) is 5.98. The molecule has 1 aliphatic heterocycles. The topological polar surface area (TPSA) is 70.0 Å². The Hall–Kier alpha value is -2.44. The quantitative estimate of drug-likeness (QED) is 0.769. The summed E-state index contributed by atoms with van der Waals surface area (Å²) < 4.78 is 1.86. The molecule has 23 heavy (non-hydrogen) atoms. The lowest BCUT2D eigenvalue weighted by atomic mass is 10.0. The zero-order valence-electron chi connectivity index (χ0n) is 12.8. The molecule has 0 atom stereocenters. The number of H-pyrrole nitrogens is 1. The number of nitrogens with zero attached hydrogens (tertiary/aromatic N) is 4. The number of hydrogen-bond acceptors (Lipinski definition) is 4. The molecule has 3 heterocycles. The molecule has 2 aromatic heterocycles. The average molecular weight is 309 g/mol. The Kier molecular flexibility index (Phi) is 3.69. The molecule has 0 saturated carbocycles. The summed E-state index contributed by atoms with van der Waals surface area (Å²) in [6, 6.07) is 10.4. The summed E-state index contributed by atoms with van der Waals surface area (Å²) in [6.45, 7) is 2.73. The van der Waals surface area contributed by atoms with E-state index in [0.717, 1.165) is 43.0 Å². The molecule has 3 aromatic rings. The molecule has 2 N–H and O–H groups in total. The van der Waals surface area contributed by atoms with Crippen LogP contribution >= 0.6 is 0 Å². The zero-order chi connectivity index (χ0) is 15.6. The van der Waals surface area contributed by atoms with Gasteiger partial charge in [-0.05, 0) is 23.8 Å². The molecule has 0 radical (unpaired) electrons. The highest BCUT2D eigenvalue weighted by Gasteiger charge is 2.21. The van der Waals surface area contributed by atoms with Crippen molar-refractivity contribution in [3.63, 3.8) is 0 Å². The Morgan fingerprint density at radius 3 is 2.83 bits per heavy atom. The van der Waals surface area contributed by atoms with Crippen molar-refractivity contribution >= 4 is 0 Å². The van der Waals surface area contributed by atoms with Crippen LogP contribution in [0, 0.1) is 0 Å². The van der Waals surface area contributed by atoms with Gasteiger partial charge in [0.25, 0.3) is 0 Å². The lowest BCUT2D eigenvalue weighted by molar-refractivity contribution is 0.237. The minimum atomic E-state index is -0.00175. The van der Waals surface area contributed by atoms with E-state index in [-0.39, 0.29) is 6.61 Å². The number of aromatic nitrogens is 4. The van der Waals surface area contributed by atoms with Crippen LogP contribution in [0.5, 0.6) is 0 Å². The van der Waals surface area contributed by atoms with Crippen LogP contribution < -0.4 is 0 Å². The third kappa shape index (κ3) is 2.78. The highest BCUT2D eigenvalue weighted by atomic mass is 16.3. The van der Waals surface area contributed by atoms with Gasteiger partial charge in [-0.25, -0.2) is 4.68 Å². The summed E-state index contributed by atoms with van der Waals surface area (Å²) in [5.41, 5.74) is 5.44. The minimum Gasteiger partial charge on any atom is -0.390 e. The normalized spacial score (nSPS) is 14.8. The van der Waals surface area contributed by atoms with Crippen molar-refractivity contribution in [1.29, 1.82) is 0 Å². The van der Waals surface area contributed by atoms with Gasteiger partial charge in [0.05, 0.1) is 18.0 Å². The first-order valence-electron chi connectivity index (χ1n) is 7.80. The number of benzene rings is 1. The third-order valence-electron chi connectivity index (χ3n) is 4.36. The standard InChI is InChI=1S/C17H19N5O/c23-12-17-15-11-21(9-6-16(15)19-20-17)10-13-2-4-14(5-3-13)22-8-1-7-18-22/h1-5,7-8,23H,6,9-12H2,(H,19,20). The van der Waals surface area contributed by atoms with E-state index in [9.17, 15) is 5.11 Å². The number of aliphatic hydroxyl groups is 1. The molecule has 0 amide bonds. The predicted octanol–water partition coefficient (Wildman–Crippen LogP) is 1.65. The molecule has 1 aromatic carbocycles. The van der Waals surface area contributed by atoms with Gasteiger partial charge in [-0.2, -0.15) is 10.2 Å². The Labute approximate surface area is 134 Å². The number of aliphatic hydroxyl groups excluding tert-OH is 1. The van der Waals surface area contributed by atoms with Crippen LogP contribution in [-0.4, -0.2) is 36.5 Å². The summed E-state index contributed by atoms with van der Waals surface area (Å²) in [5, 5.41) is 20.8. The number of nitrogens with one attached hydrogen (secondary N) is 1. The molecule has 0 bridgehead atoms. The van der Waals surface area contributed by atoms with E-state index >= 15 is 0 Å². The molecule has 0 unspecified atom stereocenters. The van der Waals surface area contributed by atoms with Crippen molar-refractivity contribution in [2.24, 2.45) is 0 Å². The lowest BCUT2D eigenvalue weighted by Gasteiger charge is -2.27. The molecule has 0 saturated heterocycles. The summed E-state index contributed by atoms with van der Waals surface area (Å²) in [4.78, 5) is 2.39. The van der Waals surface area contributed by atoms with E-state index in [2.05, 4.69) is 44.5 Å². The molecule has 6 nitrogen and oxygen atoms in total. The second-order valence-corrected chi connectivity index (χ2v) is 5.86. The van der Waals surface area contributed by atoms with Crippen LogP contribution in [-0.2, 0) is 26.1 Å². The number of fused-ring (bicyclic) bond motifs is 1. The van der Waals surface area contributed by atoms with Crippen molar-refractivity contribution in [1.82, 2.24) is 24.9 Å². The van der Waals surface area contributed by atoms with Gasteiger partial charge in [0.1, 0.15) is 0 Å². The van der Waals surface area contributed by atoms with Crippen LogP contribution in [0.25, 0.3) is 5.69 Å². The van der Waals surface area contributed by atoms with Gasteiger partial charge in [0.2, 0.25) is 0 Å². The summed E-state index contributed by atoms with van der Waals surface area (Å²) in [5.74, 6) is 0. The van der Waals surface area contributed by atoms with Crippen LogP contribution in [0.2, 0.25) is 0 Å². The fraction of sp³-hybridized carbons (Fsp3) is 0.294. The van der Waals surface area contributed by atoms with Crippen LogP contribution in [0.3, 0.4) is 0 Å². The second-order valence-electron chi connectivity index (χ2n) is 5.86. The predicted molar refractivity (Wildman–Crippen MR) is 85.9 cm³/mol. The maximum absolute atomic E-state index is 9.37. The van der Waals surface area contributed by atoms with Crippen LogP contribution in [0.4, 0.5) is 0 Å². The first-order valence-corrected chi connectivity index (χ1v) is 7.80. The van der Waals surface area contributed by atoms with Crippen molar-refractivity contribution in [3.8, 4) is 5.69 Å². The van der Waals surface area contributed by atoms with Gasteiger partial charge in [-0.15, -0.1) is 0 Å². The van der Waals surface area contributed by atoms with Gasteiger partial charge in [-0.1, -0.05) is 12.1 Å². The monoisotopic (exact) mass is 309 g/mol. The van der Waals surface area contributed by atoms with Gasteiger partial charge >= 0.3 is 0 Å². The summed E-state index contributed by atoms with van der Waals surface area (Å²) in [6.07, 6.45) is 4.67. The average Bonchev–Trinajstić information content (AvgIpc) is 3.25. The number of aromatic amines is 1. The summed E-state index contributed by atoms with van der Waals surface area (Å²) >= 11 is 0. The molecule has 4 rings (SSSR count). The fourth-order valence-electron chi connectivity index (χ4n) is 3.11. The maximum Gasteiger partial charge on any atom is 0.0924 e. The van der Waals surface area contributed by atoms with E-state index in [4.69, 9.17) is 0 Å². The van der Waals surface area contributed by atoms with E-state index in [1.54, 1.807) is 6.20 Å². The number of hydrogen-bond donors (Lipinski definition) is 2. The fourth-order valence-corrected chi connectivity index (χ4v) is 3.11. The molecule has 0 aliphatic carbocycles. The Balaban J connectivity index is 1.46. The molecule has 6 heteroatoms. The van der Waals surface area contributed by atoms with Crippen molar-refractivity contribution in [2.75, 3.05) is 6.54 Å². The minimum absolute atomic E-state index is 0.00175. The van der Waals surface area contributed by atoms with E-state index in [0.29, 0.717) is 0 Å². The van der Waals surface area contributed by atoms with E-state index in [1.165, 1.54) is 11.3 Å². The van der Waals surface area contributed by atoms with Gasteiger partial charge < -0.3 is 5.11 Å². The number of rotatable bonds is 4. The summed E-state index contributed by atoms with van der Waals surface area (Å²) in [7, 11) is 0. The molecule has 0 fully saturated rings. The largest absolute Gasteiger partial charge is 0.390 e. The Morgan fingerprint density at radius 2 is 2.09 bits per heavy atom. The SMILES string of the molecule is OCc1n[nH]c2c1CN(Cc1ccc(-n3cccn3)cc1)CC2. The molecule has 0 spiro atoms. The van der Waals surface area contributed by atoms with Crippen LogP contribution in [0.15, 0.2) is 42.7 Å². The Morgan fingerprint density at radius 1 is 1.22 bits per heavy atom. The van der Waals surface area contributed by atoms with E-state index in [1.807, 2.05) is 16.9 Å². The highest BCUT2D eigenvalue weighted by Crippen LogP contribution is 2.22. The van der Waals surface area contributed by atoms with Crippen molar-refractivity contribution in [2.45, 2.75) is 26.1 Å². The van der Waals surface area contributed by atoms with Crippen molar-refractivity contribution < 1.29 is 5.11 Å². The first-order chi connectivity index (χ1) is 11.3. The van der Waals surface area contributed by atoms with Gasteiger partial charge in [-0.3, -0.25) is 10.00 Å². The highest BCUT2D eigenvalue weighted by molar-refractivity contribution is 5.34. The van der Waals surface area contributed by atoms with E-state index < -0.39 is 0 Å². The molecular formula is C17H19N5O. The molecule has 1 aliphatic rings. The van der Waals surface area contributed by atoms with Gasteiger partial charge in [0, 0.05) is 49.7 Å². The maximum atomic E-state index is 9.37. The third-order valence-corrected chi connectivity index (χ3v) is 4.36. The Bertz CT molecular complexity index is 762. The first kappa shape index (κ1) is 14.2. The van der Waals surface area contributed by atoms with Crippen molar-refractivity contribution in [3.05, 3.63) is 65.2 Å². The van der Waals surface area contributed by atoms with Crippen LogP contribution in [0.1, 0.15) is 22.5 Å². The lowest BCUT2D eigenvalue weighted by Crippen LogP contribution is -2.30. The zero-order valence-corrected chi connectivity index (χ0v) is 12.8. The molecule has 118 valence electrons. The van der Waals surface area contributed by atoms with Gasteiger partial charge in [0.15, 0.2) is 0 Å². The molecular weight excluding hydrogens is 290 g/mol. The smallest absolute Gasteiger partial charge is 0.0924 e.